The van der Waals surface area contributed by atoms with Crippen LogP contribution in [0.15, 0.2) is 35.2 Å². The molecule has 0 radical (unpaired) electrons. The summed E-state index contributed by atoms with van der Waals surface area (Å²) in [4.78, 5) is 36.3. The van der Waals surface area contributed by atoms with Crippen LogP contribution in [0.4, 0.5) is 16.1 Å². The topological polar surface area (TPSA) is 106 Å². The maximum Gasteiger partial charge on any atom is 0.311 e. The van der Waals surface area contributed by atoms with Gasteiger partial charge in [-0.05, 0) is 19.1 Å². The monoisotopic (exact) mass is 389 g/mol. The van der Waals surface area contributed by atoms with E-state index in [4.69, 9.17) is 4.74 Å². The molecule has 3 heterocycles. The molecule has 10 heteroatoms. The van der Waals surface area contributed by atoms with Gasteiger partial charge in [0.1, 0.15) is 11.5 Å². The van der Waals surface area contributed by atoms with E-state index >= 15 is 0 Å². The number of aromatic nitrogens is 3. The summed E-state index contributed by atoms with van der Waals surface area (Å²) in [6, 6.07) is 5.48. The summed E-state index contributed by atoms with van der Waals surface area (Å²) in [6.45, 7) is 2.07. The molecule has 3 rings (SSSR count). The lowest BCUT2D eigenvalue weighted by Crippen LogP contribution is -2.12. The third-order valence-electron chi connectivity index (χ3n) is 3.04. The molecule has 26 heavy (non-hydrogen) atoms. The molecule has 0 saturated heterocycles. The van der Waals surface area contributed by atoms with E-state index in [-0.39, 0.29) is 24.0 Å². The number of esters is 1. The Bertz CT molecular complexity index is 894. The lowest BCUT2D eigenvalue weighted by Gasteiger charge is -2.00. The van der Waals surface area contributed by atoms with E-state index in [2.05, 4.69) is 25.6 Å². The van der Waals surface area contributed by atoms with Crippen LogP contribution in [-0.4, -0.2) is 33.4 Å². The minimum absolute atomic E-state index is 0.0784. The largest absolute Gasteiger partial charge is 0.466 e. The van der Waals surface area contributed by atoms with E-state index in [9.17, 15) is 9.59 Å². The maximum atomic E-state index is 12.3. The van der Waals surface area contributed by atoms with Crippen molar-refractivity contribution in [2.75, 3.05) is 17.2 Å². The van der Waals surface area contributed by atoms with Gasteiger partial charge >= 0.3 is 5.97 Å². The fraction of sp³-hybridized carbons (Fsp3) is 0.188. The van der Waals surface area contributed by atoms with Crippen LogP contribution in [0.1, 0.15) is 23.1 Å². The molecule has 8 nitrogen and oxygen atoms in total. The van der Waals surface area contributed by atoms with Gasteiger partial charge < -0.3 is 10.1 Å². The van der Waals surface area contributed by atoms with Crippen molar-refractivity contribution in [1.29, 1.82) is 0 Å². The minimum atomic E-state index is -0.368. The second-order valence-electron chi connectivity index (χ2n) is 4.96. The SMILES string of the molecule is CCOC(=O)Cc1csc(NC(=O)c2csc(Nc3ccccn3)n2)n1. The molecule has 0 aliphatic carbocycles. The number of hydrogen-bond acceptors (Lipinski definition) is 9. The molecule has 1 amide bonds. The Morgan fingerprint density at radius 2 is 2.00 bits per heavy atom. The van der Waals surface area contributed by atoms with Crippen LogP contribution in [0.25, 0.3) is 0 Å². The predicted octanol–water partition coefficient (Wildman–Crippen LogP) is 3.10. The highest BCUT2D eigenvalue weighted by Crippen LogP contribution is 2.21. The Morgan fingerprint density at radius 1 is 1.15 bits per heavy atom. The van der Waals surface area contributed by atoms with Crippen molar-refractivity contribution in [3.05, 3.63) is 46.5 Å². The summed E-state index contributed by atoms with van der Waals surface area (Å²) in [5.41, 5.74) is 0.829. The van der Waals surface area contributed by atoms with Crippen molar-refractivity contribution >= 4 is 50.6 Å². The zero-order valence-corrected chi connectivity index (χ0v) is 15.4. The first-order valence-electron chi connectivity index (χ1n) is 7.69. The Morgan fingerprint density at radius 3 is 2.77 bits per heavy atom. The van der Waals surface area contributed by atoms with Gasteiger partial charge in [0.2, 0.25) is 0 Å². The van der Waals surface area contributed by atoms with E-state index in [0.717, 1.165) is 0 Å². The van der Waals surface area contributed by atoms with Gasteiger partial charge in [0, 0.05) is 17.0 Å². The molecule has 0 aliphatic rings. The number of pyridine rings is 1. The number of carbonyl (C=O) groups excluding carboxylic acids is 2. The number of rotatable bonds is 7. The molecule has 134 valence electrons. The highest BCUT2D eigenvalue weighted by atomic mass is 32.1. The third kappa shape index (κ3) is 4.83. The average molecular weight is 389 g/mol. The van der Waals surface area contributed by atoms with Crippen LogP contribution in [0.5, 0.6) is 0 Å². The predicted molar refractivity (Wildman–Crippen MR) is 100 cm³/mol. The third-order valence-corrected chi connectivity index (χ3v) is 4.60. The highest BCUT2D eigenvalue weighted by molar-refractivity contribution is 7.14. The number of nitrogens with one attached hydrogen (secondary N) is 2. The van der Waals surface area contributed by atoms with Gasteiger partial charge in [0.05, 0.1) is 18.7 Å². The molecule has 0 saturated carbocycles. The minimum Gasteiger partial charge on any atom is -0.466 e. The first-order chi connectivity index (χ1) is 12.6. The molecule has 3 aromatic rings. The highest BCUT2D eigenvalue weighted by Gasteiger charge is 2.14. The molecular formula is C16H15N5O3S2. The van der Waals surface area contributed by atoms with Crippen LogP contribution in [0.3, 0.4) is 0 Å². The summed E-state index contributed by atoms with van der Waals surface area (Å²) in [5, 5.41) is 10.0. The molecule has 0 atom stereocenters. The average Bonchev–Trinajstić information content (AvgIpc) is 3.26. The van der Waals surface area contributed by atoms with Crippen LogP contribution < -0.4 is 10.6 Å². The Balaban J connectivity index is 1.58. The Hall–Kier alpha value is -2.85. The second-order valence-corrected chi connectivity index (χ2v) is 6.67. The van der Waals surface area contributed by atoms with Crippen molar-refractivity contribution in [3.63, 3.8) is 0 Å². The first-order valence-corrected chi connectivity index (χ1v) is 9.45. The number of thiazole rings is 2. The number of nitrogens with zero attached hydrogens (tertiary/aromatic N) is 3. The van der Waals surface area contributed by atoms with Crippen molar-refractivity contribution in [3.8, 4) is 0 Å². The van der Waals surface area contributed by atoms with Crippen molar-refractivity contribution < 1.29 is 14.3 Å². The standard InChI is InChI=1S/C16H15N5O3S2/c1-2-24-13(22)7-10-8-25-15(18-10)21-14(23)11-9-26-16(19-11)20-12-5-3-4-6-17-12/h3-6,8-9H,2,7H2,1H3,(H,17,19,20)(H,18,21,23). The number of carbonyl (C=O) groups is 2. The van der Waals surface area contributed by atoms with Gasteiger partial charge in [-0.25, -0.2) is 15.0 Å². The molecule has 0 bridgehead atoms. The fourth-order valence-electron chi connectivity index (χ4n) is 1.95. The van der Waals surface area contributed by atoms with E-state index in [1.165, 1.54) is 22.7 Å². The quantitative estimate of drug-likeness (QED) is 0.598. The Kier molecular flexibility index (Phi) is 5.87. The number of ether oxygens (including phenoxy) is 1. The van der Waals surface area contributed by atoms with Gasteiger partial charge in [-0.1, -0.05) is 6.07 Å². The van der Waals surface area contributed by atoms with E-state index in [1.807, 2.05) is 18.2 Å². The zero-order chi connectivity index (χ0) is 18.4. The van der Waals surface area contributed by atoms with Gasteiger partial charge in [0.25, 0.3) is 5.91 Å². The van der Waals surface area contributed by atoms with Crippen LogP contribution in [-0.2, 0) is 16.0 Å². The summed E-state index contributed by atoms with van der Waals surface area (Å²) in [6.07, 6.45) is 1.74. The molecule has 0 aliphatic heterocycles. The van der Waals surface area contributed by atoms with Crippen LogP contribution in [0, 0.1) is 0 Å². The normalized spacial score (nSPS) is 10.3. The van der Waals surface area contributed by atoms with E-state index in [0.29, 0.717) is 28.4 Å². The second kappa shape index (κ2) is 8.50. The molecule has 2 N–H and O–H groups in total. The molecule has 0 spiro atoms. The van der Waals surface area contributed by atoms with Crippen LogP contribution >= 0.6 is 22.7 Å². The summed E-state index contributed by atoms with van der Waals surface area (Å²) in [7, 11) is 0. The molecule has 0 unspecified atom stereocenters. The fourth-order valence-corrected chi connectivity index (χ4v) is 3.35. The van der Waals surface area contributed by atoms with Gasteiger partial charge in [-0.15, -0.1) is 22.7 Å². The lowest BCUT2D eigenvalue weighted by atomic mass is 10.3. The smallest absolute Gasteiger partial charge is 0.311 e. The van der Waals surface area contributed by atoms with Gasteiger partial charge in [-0.3, -0.25) is 14.9 Å². The molecular weight excluding hydrogens is 374 g/mol. The van der Waals surface area contributed by atoms with E-state index < -0.39 is 0 Å². The summed E-state index contributed by atoms with van der Waals surface area (Å²) < 4.78 is 4.87. The van der Waals surface area contributed by atoms with E-state index in [1.54, 1.807) is 23.9 Å². The number of hydrogen-bond donors (Lipinski definition) is 2. The van der Waals surface area contributed by atoms with Gasteiger partial charge in [0.15, 0.2) is 10.3 Å². The first kappa shape index (κ1) is 18.0. The van der Waals surface area contributed by atoms with Crippen LogP contribution in [0.2, 0.25) is 0 Å². The van der Waals surface area contributed by atoms with Crippen molar-refractivity contribution in [1.82, 2.24) is 15.0 Å². The Labute approximate surface area is 157 Å². The summed E-state index contributed by atoms with van der Waals surface area (Å²) in [5.74, 6) is -0.0647. The number of amides is 1. The number of anilines is 3. The lowest BCUT2D eigenvalue weighted by molar-refractivity contribution is -0.142. The molecule has 0 aromatic carbocycles. The molecule has 3 aromatic heterocycles. The van der Waals surface area contributed by atoms with Crippen molar-refractivity contribution in [2.45, 2.75) is 13.3 Å². The van der Waals surface area contributed by atoms with Gasteiger partial charge in [-0.2, -0.15) is 0 Å². The molecule has 0 fully saturated rings. The van der Waals surface area contributed by atoms with Crippen molar-refractivity contribution in [2.24, 2.45) is 0 Å². The maximum absolute atomic E-state index is 12.3. The zero-order valence-electron chi connectivity index (χ0n) is 13.8. The summed E-state index contributed by atoms with van der Waals surface area (Å²) >= 11 is 2.54.